The minimum absolute atomic E-state index is 0.0667. The second kappa shape index (κ2) is 9.40. The number of halogens is 2. The van der Waals surface area contributed by atoms with Gasteiger partial charge in [-0.25, -0.2) is 4.39 Å². The molecule has 5 rings (SSSR count). The summed E-state index contributed by atoms with van der Waals surface area (Å²) in [5.74, 6) is 0. The van der Waals surface area contributed by atoms with Gasteiger partial charge in [0.1, 0.15) is 5.67 Å². The number of hydrogen-bond acceptors (Lipinski definition) is 2. The van der Waals surface area contributed by atoms with Crippen LogP contribution < -0.4 is 0 Å². The zero-order chi connectivity index (χ0) is 24.7. The molecule has 0 amide bonds. The van der Waals surface area contributed by atoms with Crippen molar-refractivity contribution in [1.82, 2.24) is 19.8 Å². The van der Waals surface area contributed by atoms with Gasteiger partial charge in [0, 0.05) is 64.9 Å². The van der Waals surface area contributed by atoms with Crippen LogP contribution in [0.1, 0.15) is 55.6 Å². The van der Waals surface area contributed by atoms with Crippen molar-refractivity contribution < 1.29 is 8.78 Å². The fourth-order valence-electron chi connectivity index (χ4n) is 5.76. The SMILES string of the molecule is C[C@@H]1Cc2c([nH]c3ccccc23)[C@@H](c2c[nH]c3cc(CN(C)CCCF)ccc23)N1CC(C)(C)F. The van der Waals surface area contributed by atoms with Gasteiger partial charge in [-0.1, -0.05) is 30.3 Å². The van der Waals surface area contributed by atoms with E-state index in [1.807, 2.05) is 7.05 Å². The zero-order valence-electron chi connectivity index (χ0n) is 21.2. The van der Waals surface area contributed by atoms with Crippen molar-refractivity contribution in [3.8, 4) is 0 Å². The largest absolute Gasteiger partial charge is 0.361 e. The van der Waals surface area contributed by atoms with Gasteiger partial charge in [-0.05, 0) is 63.9 Å². The molecule has 2 aromatic carbocycles. The van der Waals surface area contributed by atoms with E-state index in [0.29, 0.717) is 13.0 Å². The van der Waals surface area contributed by atoms with Crippen molar-refractivity contribution in [2.75, 3.05) is 26.8 Å². The molecule has 1 aliphatic heterocycles. The summed E-state index contributed by atoms with van der Waals surface area (Å²) < 4.78 is 27.6. The Kier molecular flexibility index (Phi) is 6.45. The molecular formula is C29H36F2N4. The molecule has 0 aliphatic carbocycles. The highest BCUT2D eigenvalue weighted by Gasteiger charge is 2.39. The zero-order valence-corrected chi connectivity index (χ0v) is 21.2. The van der Waals surface area contributed by atoms with E-state index in [2.05, 4.69) is 75.4 Å². The summed E-state index contributed by atoms with van der Waals surface area (Å²) in [4.78, 5) is 11.7. The highest BCUT2D eigenvalue weighted by molar-refractivity contribution is 5.88. The third-order valence-corrected chi connectivity index (χ3v) is 7.27. The predicted molar refractivity (Wildman–Crippen MR) is 140 cm³/mol. The molecule has 2 aromatic heterocycles. The summed E-state index contributed by atoms with van der Waals surface area (Å²) in [5.41, 5.74) is 5.77. The van der Waals surface area contributed by atoms with Gasteiger partial charge in [-0.2, -0.15) is 0 Å². The minimum Gasteiger partial charge on any atom is -0.361 e. The van der Waals surface area contributed by atoms with Gasteiger partial charge < -0.3 is 14.9 Å². The van der Waals surface area contributed by atoms with Gasteiger partial charge in [0.15, 0.2) is 0 Å². The number of nitrogens with zero attached hydrogens (tertiary/aromatic N) is 2. The molecule has 4 aromatic rings. The number of hydrogen-bond donors (Lipinski definition) is 2. The average Bonchev–Trinajstić information content (AvgIpc) is 3.38. The molecule has 0 fully saturated rings. The summed E-state index contributed by atoms with van der Waals surface area (Å²) >= 11 is 0. The van der Waals surface area contributed by atoms with Gasteiger partial charge in [0.05, 0.1) is 12.7 Å². The Morgan fingerprint density at radius 2 is 1.91 bits per heavy atom. The summed E-state index contributed by atoms with van der Waals surface area (Å²) in [5, 5.41) is 2.42. The van der Waals surface area contributed by atoms with E-state index >= 15 is 4.39 Å². The monoisotopic (exact) mass is 478 g/mol. The van der Waals surface area contributed by atoms with Gasteiger partial charge >= 0.3 is 0 Å². The number of aromatic amines is 2. The second-order valence-electron chi connectivity index (χ2n) is 10.8. The lowest BCUT2D eigenvalue weighted by Gasteiger charge is -2.42. The first-order valence-electron chi connectivity index (χ1n) is 12.6. The molecule has 6 heteroatoms. The molecule has 186 valence electrons. The third kappa shape index (κ3) is 4.74. The molecule has 35 heavy (non-hydrogen) atoms. The quantitative estimate of drug-likeness (QED) is 0.302. The lowest BCUT2D eigenvalue weighted by molar-refractivity contribution is 0.0672. The highest BCUT2D eigenvalue weighted by atomic mass is 19.1. The number of rotatable bonds is 8. The number of alkyl halides is 2. The molecule has 0 unspecified atom stereocenters. The molecule has 0 saturated heterocycles. The minimum atomic E-state index is -1.31. The Labute approximate surface area is 206 Å². The van der Waals surface area contributed by atoms with Crippen LogP contribution in [0.2, 0.25) is 0 Å². The lowest BCUT2D eigenvalue weighted by atomic mass is 9.87. The number of fused-ring (bicyclic) bond motifs is 4. The molecule has 4 nitrogen and oxygen atoms in total. The molecule has 2 N–H and O–H groups in total. The van der Waals surface area contributed by atoms with Crippen LogP contribution >= 0.6 is 0 Å². The number of H-pyrrole nitrogens is 2. The summed E-state index contributed by atoms with van der Waals surface area (Å²) in [6.45, 7) is 7.13. The molecule has 1 aliphatic rings. The Morgan fingerprint density at radius 1 is 1.11 bits per heavy atom. The van der Waals surface area contributed by atoms with Crippen molar-refractivity contribution >= 4 is 21.8 Å². The normalized spacial score (nSPS) is 19.2. The number of benzene rings is 2. The van der Waals surface area contributed by atoms with Crippen molar-refractivity contribution in [3.05, 3.63) is 71.0 Å². The molecule has 0 saturated carbocycles. The molecular weight excluding hydrogens is 442 g/mol. The van der Waals surface area contributed by atoms with Crippen molar-refractivity contribution in [2.24, 2.45) is 0 Å². The first kappa shape index (κ1) is 24.0. The summed E-state index contributed by atoms with van der Waals surface area (Å²) in [7, 11) is 2.03. The van der Waals surface area contributed by atoms with E-state index in [1.165, 1.54) is 27.8 Å². The van der Waals surface area contributed by atoms with E-state index in [-0.39, 0.29) is 18.8 Å². The maximum absolute atomic E-state index is 15.0. The van der Waals surface area contributed by atoms with Crippen LogP contribution in [-0.2, 0) is 13.0 Å². The van der Waals surface area contributed by atoms with Crippen LogP contribution in [-0.4, -0.2) is 58.3 Å². The van der Waals surface area contributed by atoms with Gasteiger partial charge in [0.25, 0.3) is 0 Å². The first-order valence-corrected chi connectivity index (χ1v) is 12.6. The van der Waals surface area contributed by atoms with E-state index < -0.39 is 5.67 Å². The number of para-hydroxylation sites is 1. The van der Waals surface area contributed by atoms with Gasteiger partial charge in [-0.15, -0.1) is 0 Å². The van der Waals surface area contributed by atoms with Crippen molar-refractivity contribution in [1.29, 1.82) is 0 Å². The standard InChI is InChI=1S/C29H36F2N4/c1-19-14-23-21-8-5-6-9-25(21)33-27(23)28(35(19)18-29(2,3)31)24-16-32-26-15-20(10-11-22(24)26)17-34(4)13-7-12-30/h5-6,8-11,15-16,19,28,32-33H,7,12-14,17-18H2,1-4H3/t19-,28-/m1/s1. The third-order valence-electron chi connectivity index (χ3n) is 7.27. The molecule has 0 radical (unpaired) electrons. The maximum Gasteiger partial charge on any atom is 0.118 e. The van der Waals surface area contributed by atoms with E-state index in [4.69, 9.17) is 0 Å². The molecule has 0 spiro atoms. The average molecular weight is 479 g/mol. The van der Waals surface area contributed by atoms with Crippen LogP contribution in [0.25, 0.3) is 21.8 Å². The van der Waals surface area contributed by atoms with E-state index in [9.17, 15) is 4.39 Å². The van der Waals surface area contributed by atoms with Gasteiger partial charge in [-0.3, -0.25) is 9.29 Å². The lowest BCUT2D eigenvalue weighted by Crippen LogP contribution is -2.47. The fourth-order valence-corrected chi connectivity index (χ4v) is 5.76. The van der Waals surface area contributed by atoms with Crippen LogP contribution in [0.5, 0.6) is 0 Å². The second-order valence-corrected chi connectivity index (χ2v) is 10.8. The smallest absolute Gasteiger partial charge is 0.118 e. The summed E-state index contributed by atoms with van der Waals surface area (Å²) in [6, 6.07) is 15.1. The van der Waals surface area contributed by atoms with Crippen LogP contribution in [0, 0.1) is 0 Å². The number of aromatic nitrogens is 2. The van der Waals surface area contributed by atoms with Crippen molar-refractivity contribution in [3.63, 3.8) is 0 Å². The van der Waals surface area contributed by atoms with Crippen LogP contribution in [0.15, 0.2) is 48.7 Å². The molecule has 2 atom stereocenters. The Bertz CT molecular complexity index is 1320. The van der Waals surface area contributed by atoms with Crippen LogP contribution in [0.4, 0.5) is 8.78 Å². The van der Waals surface area contributed by atoms with E-state index in [0.717, 1.165) is 35.9 Å². The van der Waals surface area contributed by atoms with E-state index in [1.54, 1.807) is 13.8 Å². The van der Waals surface area contributed by atoms with Crippen molar-refractivity contribution in [2.45, 2.75) is 57.9 Å². The summed E-state index contributed by atoms with van der Waals surface area (Å²) in [6.07, 6.45) is 3.54. The highest BCUT2D eigenvalue weighted by Crippen LogP contribution is 2.43. The topological polar surface area (TPSA) is 38.1 Å². The van der Waals surface area contributed by atoms with Gasteiger partial charge in [0.2, 0.25) is 0 Å². The maximum atomic E-state index is 15.0. The Balaban J connectivity index is 1.58. The van der Waals surface area contributed by atoms with Crippen LogP contribution in [0.3, 0.4) is 0 Å². The Hall–Kier alpha value is -2.70. The number of nitrogens with one attached hydrogen (secondary N) is 2. The predicted octanol–water partition coefficient (Wildman–Crippen LogP) is 6.52. The molecule has 0 bridgehead atoms. The first-order chi connectivity index (χ1) is 16.7. The Morgan fingerprint density at radius 3 is 2.69 bits per heavy atom. The fraction of sp³-hybridized carbons (Fsp3) is 0.448. The molecule has 3 heterocycles.